The molecular formula is C34H49N8O15PS3. The van der Waals surface area contributed by atoms with Crippen LogP contribution in [0.3, 0.4) is 0 Å². The lowest BCUT2D eigenvalue weighted by Gasteiger charge is -2.22. The predicted octanol–water partition coefficient (Wildman–Crippen LogP) is 4.63. The van der Waals surface area contributed by atoms with Gasteiger partial charge in [0.05, 0.1) is 23.8 Å². The number of rotatable bonds is 22. The molecule has 1 aliphatic rings. The van der Waals surface area contributed by atoms with Crippen LogP contribution in [0.25, 0.3) is 11.2 Å². The molecular weight excluding hydrogens is 888 g/mol. The van der Waals surface area contributed by atoms with Crippen molar-refractivity contribution in [1.82, 2.24) is 29.1 Å². The number of hydrogen-bond donors (Lipinski definition) is 2. The predicted molar refractivity (Wildman–Crippen MR) is 223 cm³/mol. The van der Waals surface area contributed by atoms with Crippen molar-refractivity contribution in [3.8, 4) is 0 Å². The standard InChI is InChI=1S/C34H49N8O15PS3/c1-33(2,3)28(43)53-19-55-58(48,56-20-54-29(44)34(4,5)6)21-49-10-9-41-18-38-25-26(36-17-37-27(25)41)40-31(46)50-11-13-60-61-14-12-51-32(47)52-15-24-57-23(16-59-24)42-8-7-22(35)39-30(42)45/h7-8,17-18,23-24H,9-16,19-21H2,1-6H3,(H2,35,39,45)(H,36,37,40,46)/t23?,24-/m1/s1. The molecule has 0 aromatic carbocycles. The molecule has 4 rings (SSSR count). The molecule has 3 aromatic heterocycles. The Morgan fingerprint density at radius 2 is 1.59 bits per heavy atom. The number of fused-ring (bicyclic) bond motifs is 1. The molecule has 4 heterocycles. The highest BCUT2D eigenvalue weighted by Gasteiger charge is 2.31. The van der Waals surface area contributed by atoms with Crippen LogP contribution >= 0.6 is 40.9 Å². The summed E-state index contributed by atoms with van der Waals surface area (Å²) in [6.07, 6.45) is 1.44. The van der Waals surface area contributed by atoms with E-state index in [1.807, 2.05) is 0 Å². The first-order chi connectivity index (χ1) is 28.8. The van der Waals surface area contributed by atoms with Crippen LogP contribution in [0.5, 0.6) is 0 Å². The normalized spacial score (nSPS) is 15.6. The third-order valence-corrected chi connectivity index (χ3v) is 12.5. The fraction of sp³-hybridized carbons (Fsp3) is 0.618. The molecule has 3 N–H and O–H groups in total. The van der Waals surface area contributed by atoms with Crippen LogP contribution in [0.15, 0.2) is 29.7 Å². The second kappa shape index (κ2) is 23.3. The number of nitrogens with zero attached hydrogens (tertiary/aromatic N) is 6. The Morgan fingerprint density at radius 3 is 2.23 bits per heavy atom. The highest BCUT2D eigenvalue weighted by Crippen LogP contribution is 2.48. The molecule has 0 saturated carbocycles. The highest BCUT2D eigenvalue weighted by molar-refractivity contribution is 8.76. The smallest absolute Gasteiger partial charge is 0.448 e. The van der Waals surface area contributed by atoms with Crippen molar-refractivity contribution in [2.24, 2.45) is 10.8 Å². The van der Waals surface area contributed by atoms with Crippen LogP contribution in [0.2, 0.25) is 0 Å². The van der Waals surface area contributed by atoms with Crippen LogP contribution in [-0.2, 0) is 62.9 Å². The van der Waals surface area contributed by atoms with Gasteiger partial charge in [0, 0.05) is 30.0 Å². The molecule has 23 nitrogen and oxygen atoms in total. The molecule has 1 saturated heterocycles. The number of nitrogen functional groups attached to an aromatic ring is 1. The zero-order valence-electron chi connectivity index (χ0n) is 34.3. The maximum absolute atomic E-state index is 13.4. The number of anilines is 2. The quantitative estimate of drug-likeness (QED) is 0.0347. The first-order valence-electron chi connectivity index (χ1n) is 18.4. The molecule has 3 aromatic rings. The van der Waals surface area contributed by atoms with Gasteiger partial charge < -0.3 is 43.5 Å². The summed E-state index contributed by atoms with van der Waals surface area (Å²) in [6.45, 7) is 8.72. The molecule has 1 aliphatic heterocycles. The van der Waals surface area contributed by atoms with E-state index in [0.717, 1.165) is 0 Å². The number of nitrogens with one attached hydrogen (secondary N) is 1. The van der Waals surface area contributed by atoms with Gasteiger partial charge in [0.25, 0.3) is 0 Å². The Labute approximate surface area is 362 Å². The van der Waals surface area contributed by atoms with Crippen LogP contribution in [-0.4, -0.2) is 122 Å². The van der Waals surface area contributed by atoms with Gasteiger partial charge in [-0.2, -0.15) is 4.98 Å². The van der Waals surface area contributed by atoms with E-state index >= 15 is 0 Å². The topological polar surface area (TPSA) is 285 Å². The third-order valence-electron chi connectivity index (χ3n) is 7.55. The van der Waals surface area contributed by atoms with Crippen molar-refractivity contribution in [3.63, 3.8) is 0 Å². The van der Waals surface area contributed by atoms with Crippen LogP contribution in [0.1, 0.15) is 47.8 Å². The van der Waals surface area contributed by atoms with Gasteiger partial charge >= 0.3 is 37.5 Å². The maximum atomic E-state index is 13.4. The minimum absolute atomic E-state index is 0.0298. The number of aromatic nitrogens is 6. The molecule has 27 heteroatoms. The molecule has 0 spiro atoms. The largest absolute Gasteiger partial charge is 0.508 e. The second-order valence-electron chi connectivity index (χ2n) is 14.5. The Balaban J connectivity index is 1.11. The Bertz CT molecular complexity index is 2030. The van der Waals surface area contributed by atoms with Crippen molar-refractivity contribution in [2.75, 3.05) is 74.7 Å². The summed E-state index contributed by atoms with van der Waals surface area (Å²) in [5, 5.41) is 2.55. The number of hydrogen-bond acceptors (Lipinski definition) is 23. The summed E-state index contributed by atoms with van der Waals surface area (Å²) >= 11 is 1.38. The van der Waals surface area contributed by atoms with Crippen molar-refractivity contribution in [1.29, 1.82) is 0 Å². The van der Waals surface area contributed by atoms with Crippen molar-refractivity contribution in [3.05, 3.63) is 35.4 Å². The second-order valence-corrected chi connectivity index (χ2v) is 20.4. The Morgan fingerprint density at radius 1 is 0.934 bits per heavy atom. The SMILES string of the molecule is CC(C)(C)C(=O)OCOP(=O)(COCCn1cnc2c(NC(=O)OCCSSCCOC(=O)OC[C@@H]3OC(n4ccc(N)nc4=O)CS3)ncnc21)OCOC(=O)C(C)(C)C. The summed E-state index contributed by atoms with van der Waals surface area (Å²) in [5.74, 6) is 0.388. The minimum atomic E-state index is -4.08. The average Bonchev–Trinajstić information content (AvgIpc) is 3.84. The summed E-state index contributed by atoms with van der Waals surface area (Å²) < 4.78 is 63.7. The molecule has 0 bridgehead atoms. The first-order valence-corrected chi connectivity index (χ1v) is 23.7. The number of ether oxygens (including phenoxy) is 7. The third kappa shape index (κ3) is 16.6. The van der Waals surface area contributed by atoms with Gasteiger partial charge in [0.2, 0.25) is 13.6 Å². The summed E-state index contributed by atoms with van der Waals surface area (Å²) in [6, 6.07) is 1.49. The lowest BCUT2D eigenvalue weighted by Crippen LogP contribution is -2.29. The number of imidazole rings is 1. The number of carbonyl (C=O) groups excluding carboxylic acids is 4. The monoisotopic (exact) mass is 936 g/mol. The zero-order valence-corrected chi connectivity index (χ0v) is 37.6. The Hall–Kier alpha value is -4.17. The molecule has 61 heavy (non-hydrogen) atoms. The number of carbonyl (C=O) groups is 4. The fourth-order valence-corrected chi connectivity index (χ4v) is 8.06. The fourth-order valence-electron chi connectivity index (χ4n) is 4.42. The van der Waals surface area contributed by atoms with Crippen LogP contribution in [0, 0.1) is 10.8 Å². The number of esters is 2. The van der Waals surface area contributed by atoms with Crippen LogP contribution in [0.4, 0.5) is 21.2 Å². The van der Waals surface area contributed by atoms with E-state index in [-0.39, 0.29) is 50.1 Å². The molecule has 2 atom stereocenters. The lowest BCUT2D eigenvalue weighted by atomic mass is 9.98. The molecule has 0 aliphatic carbocycles. The lowest BCUT2D eigenvalue weighted by molar-refractivity contribution is -0.162. The molecule has 0 radical (unpaired) electrons. The van der Waals surface area contributed by atoms with Gasteiger partial charge in [-0.15, -0.1) is 11.8 Å². The van der Waals surface area contributed by atoms with E-state index in [2.05, 4.69) is 25.3 Å². The van der Waals surface area contributed by atoms with E-state index in [0.29, 0.717) is 22.9 Å². The Kier molecular flexibility index (Phi) is 18.9. The molecule has 1 unspecified atom stereocenters. The summed E-state index contributed by atoms with van der Waals surface area (Å²) in [7, 11) is -1.27. The van der Waals surface area contributed by atoms with Gasteiger partial charge in [-0.3, -0.25) is 33.1 Å². The molecule has 1 amide bonds. The summed E-state index contributed by atoms with van der Waals surface area (Å²) in [5.41, 5.74) is 3.48. The van der Waals surface area contributed by atoms with Crippen molar-refractivity contribution >= 4 is 87.9 Å². The van der Waals surface area contributed by atoms with Gasteiger partial charge in [-0.1, -0.05) is 21.6 Å². The van der Waals surface area contributed by atoms with Gasteiger partial charge in [0.15, 0.2) is 17.0 Å². The van der Waals surface area contributed by atoms with Gasteiger partial charge in [-0.25, -0.2) is 29.3 Å². The maximum Gasteiger partial charge on any atom is 0.508 e. The zero-order chi connectivity index (χ0) is 44.6. The van der Waals surface area contributed by atoms with E-state index in [4.69, 9.17) is 47.9 Å². The van der Waals surface area contributed by atoms with E-state index in [1.54, 1.807) is 46.1 Å². The van der Waals surface area contributed by atoms with E-state index in [1.165, 1.54) is 62.8 Å². The van der Waals surface area contributed by atoms with Crippen molar-refractivity contribution < 1.29 is 65.9 Å². The number of nitrogens with two attached hydrogens (primary N) is 1. The molecule has 338 valence electrons. The average molecular weight is 937 g/mol. The van der Waals surface area contributed by atoms with Crippen LogP contribution < -0.4 is 16.7 Å². The minimum Gasteiger partial charge on any atom is -0.448 e. The molecule has 1 fully saturated rings. The van der Waals surface area contributed by atoms with E-state index < -0.39 is 79.9 Å². The van der Waals surface area contributed by atoms with E-state index in [9.17, 15) is 28.5 Å². The number of amides is 1. The number of thioether (sulfide) groups is 1. The first kappa shape index (κ1) is 49.5. The van der Waals surface area contributed by atoms with Crippen molar-refractivity contribution in [2.45, 2.75) is 59.8 Å². The summed E-state index contributed by atoms with van der Waals surface area (Å²) in [4.78, 5) is 77.0. The van der Waals surface area contributed by atoms with Gasteiger partial charge in [-0.05, 0) is 47.6 Å². The highest BCUT2D eigenvalue weighted by atomic mass is 33.1. The van der Waals surface area contributed by atoms with Gasteiger partial charge in [0.1, 0.15) is 50.0 Å².